The van der Waals surface area contributed by atoms with Crippen LogP contribution in [0.2, 0.25) is 0 Å². The van der Waals surface area contributed by atoms with Crippen molar-refractivity contribution < 1.29 is 27.5 Å². The molecule has 1 atom stereocenters. The fourth-order valence-electron chi connectivity index (χ4n) is 4.13. The number of anilines is 1. The maximum Gasteiger partial charge on any atom is 0.242 e. The molecule has 0 aromatic heterocycles. The molecule has 202 valence electrons. The number of amides is 2. The number of hydrogen-bond acceptors (Lipinski definition) is 6. The van der Waals surface area contributed by atoms with Crippen molar-refractivity contribution in [2.45, 2.75) is 59.0 Å². The number of carbonyl (C=O) groups is 2. The zero-order chi connectivity index (χ0) is 27.0. The minimum absolute atomic E-state index is 0.0904. The Kier molecular flexibility index (Phi) is 9.79. The van der Waals surface area contributed by atoms with E-state index in [9.17, 15) is 18.0 Å². The average molecular weight is 532 g/mol. The second-order valence-electron chi connectivity index (χ2n) is 9.24. The lowest BCUT2D eigenvalue weighted by Crippen LogP contribution is -2.48. The lowest BCUT2D eigenvalue weighted by Gasteiger charge is -2.30. The van der Waals surface area contributed by atoms with Crippen molar-refractivity contribution in [3.8, 4) is 11.5 Å². The normalized spacial score (nSPS) is 13.2. The van der Waals surface area contributed by atoms with Crippen molar-refractivity contribution in [3.05, 3.63) is 53.6 Å². The zero-order valence-corrected chi connectivity index (χ0v) is 22.8. The Labute approximate surface area is 219 Å². The monoisotopic (exact) mass is 531 g/mol. The predicted octanol–water partition coefficient (Wildman–Crippen LogP) is 3.60. The number of rotatable bonds is 13. The Morgan fingerprint density at radius 3 is 2.51 bits per heavy atom. The number of ether oxygens (including phenoxy) is 2. The van der Waals surface area contributed by atoms with Crippen LogP contribution >= 0.6 is 0 Å². The zero-order valence-electron chi connectivity index (χ0n) is 22.0. The van der Waals surface area contributed by atoms with Crippen LogP contribution in [0.25, 0.3) is 0 Å². The van der Waals surface area contributed by atoms with Crippen LogP contribution < -0.4 is 19.1 Å². The summed E-state index contributed by atoms with van der Waals surface area (Å²) >= 11 is 0. The molecule has 0 saturated carbocycles. The second kappa shape index (κ2) is 12.8. The molecule has 1 heterocycles. The lowest BCUT2D eigenvalue weighted by molar-refractivity contribution is -0.140. The molecule has 0 spiro atoms. The van der Waals surface area contributed by atoms with Gasteiger partial charge in [-0.25, -0.2) is 8.42 Å². The van der Waals surface area contributed by atoms with E-state index in [-0.39, 0.29) is 38.0 Å². The van der Waals surface area contributed by atoms with Crippen LogP contribution in [-0.2, 0) is 26.2 Å². The summed E-state index contributed by atoms with van der Waals surface area (Å²) in [6.45, 7) is 6.81. The number of sulfonamides is 1. The molecule has 10 heteroatoms. The molecule has 0 aliphatic carbocycles. The molecule has 0 radical (unpaired) electrons. The van der Waals surface area contributed by atoms with Gasteiger partial charge < -0.3 is 19.7 Å². The highest BCUT2D eigenvalue weighted by Crippen LogP contribution is 2.36. The third-order valence-corrected chi connectivity index (χ3v) is 7.59. The highest BCUT2D eigenvalue weighted by Gasteiger charge is 2.27. The molecule has 0 unspecified atom stereocenters. The predicted molar refractivity (Wildman–Crippen MR) is 143 cm³/mol. The van der Waals surface area contributed by atoms with Gasteiger partial charge in [-0.15, -0.1) is 0 Å². The smallest absolute Gasteiger partial charge is 0.242 e. The number of hydrogen-bond donors (Lipinski definition) is 1. The molecular formula is C27H37N3O6S. The summed E-state index contributed by atoms with van der Waals surface area (Å²) in [7, 11) is -3.60. The second-order valence-corrected chi connectivity index (χ2v) is 11.2. The molecule has 3 rings (SSSR count). The molecule has 37 heavy (non-hydrogen) atoms. The first-order chi connectivity index (χ1) is 17.6. The Hall–Kier alpha value is -3.27. The van der Waals surface area contributed by atoms with E-state index in [0.29, 0.717) is 30.3 Å². The van der Waals surface area contributed by atoms with Crippen molar-refractivity contribution in [3.63, 3.8) is 0 Å². The van der Waals surface area contributed by atoms with Crippen LogP contribution in [0.3, 0.4) is 0 Å². The summed E-state index contributed by atoms with van der Waals surface area (Å²) in [5.41, 5.74) is 2.44. The molecule has 2 aromatic carbocycles. The maximum atomic E-state index is 13.4. The van der Waals surface area contributed by atoms with Gasteiger partial charge in [0.2, 0.25) is 28.6 Å². The third kappa shape index (κ3) is 7.61. The Balaban J connectivity index is 1.72. The largest absolute Gasteiger partial charge is 0.454 e. The Morgan fingerprint density at radius 2 is 1.81 bits per heavy atom. The van der Waals surface area contributed by atoms with Gasteiger partial charge in [0.1, 0.15) is 6.04 Å². The maximum absolute atomic E-state index is 13.4. The minimum atomic E-state index is -3.60. The van der Waals surface area contributed by atoms with E-state index >= 15 is 0 Å². The van der Waals surface area contributed by atoms with E-state index in [2.05, 4.69) is 5.32 Å². The molecule has 1 N–H and O–H groups in total. The van der Waals surface area contributed by atoms with E-state index in [1.54, 1.807) is 30.0 Å². The van der Waals surface area contributed by atoms with Gasteiger partial charge in [0.25, 0.3) is 0 Å². The van der Waals surface area contributed by atoms with Crippen LogP contribution in [0.1, 0.15) is 50.7 Å². The molecular weight excluding hydrogens is 494 g/mol. The van der Waals surface area contributed by atoms with Crippen molar-refractivity contribution in [1.82, 2.24) is 10.2 Å². The van der Waals surface area contributed by atoms with Crippen LogP contribution in [0.5, 0.6) is 11.5 Å². The van der Waals surface area contributed by atoms with Crippen LogP contribution in [0.4, 0.5) is 5.69 Å². The molecule has 0 saturated heterocycles. The van der Waals surface area contributed by atoms with Gasteiger partial charge >= 0.3 is 0 Å². The summed E-state index contributed by atoms with van der Waals surface area (Å²) < 4.78 is 37.1. The SMILES string of the molecule is CCCCNC(=O)[C@H](C)N(Cc1ccccc1C)C(=O)CCCN(c1ccc2c(c1)OCO2)S(C)(=O)=O. The number of benzene rings is 2. The minimum Gasteiger partial charge on any atom is -0.454 e. The summed E-state index contributed by atoms with van der Waals surface area (Å²) in [5, 5.41) is 2.91. The van der Waals surface area contributed by atoms with E-state index in [1.807, 2.05) is 38.1 Å². The number of fused-ring (bicyclic) bond motifs is 1. The van der Waals surface area contributed by atoms with Gasteiger partial charge in [-0.05, 0) is 49.9 Å². The lowest BCUT2D eigenvalue weighted by atomic mass is 10.1. The van der Waals surface area contributed by atoms with Gasteiger partial charge in [-0.3, -0.25) is 13.9 Å². The number of unbranched alkanes of at least 4 members (excludes halogenated alkanes) is 1. The first-order valence-corrected chi connectivity index (χ1v) is 14.5. The van der Waals surface area contributed by atoms with Crippen LogP contribution in [0.15, 0.2) is 42.5 Å². The van der Waals surface area contributed by atoms with Crippen molar-refractivity contribution in [1.29, 1.82) is 0 Å². The van der Waals surface area contributed by atoms with Crippen LogP contribution in [-0.4, -0.2) is 57.3 Å². The summed E-state index contributed by atoms with van der Waals surface area (Å²) in [4.78, 5) is 27.8. The first-order valence-electron chi connectivity index (χ1n) is 12.6. The summed E-state index contributed by atoms with van der Waals surface area (Å²) in [6.07, 6.45) is 3.34. The van der Waals surface area contributed by atoms with Crippen LogP contribution in [0, 0.1) is 6.92 Å². The van der Waals surface area contributed by atoms with E-state index in [1.165, 1.54) is 4.31 Å². The fourth-order valence-corrected chi connectivity index (χ4v) is 5.09. The Bertz CT molecular complexity index is 1200. The molecule has 9 nitrogen and oxygen atoms in total. The average Bonchev–Trinajstić information content (AvgIpc) is 3.33. The quantitative estimate of drug-likeness (QED) is 0.396. The van der Waals surface area contributed by atoms with Crippen molar-refractivity contribution in [2.75, 3.05) is 30.4 Å². The number of aryl methyl sites for hydroxylation is 1. The van der Waals surface area contributed by atoms with E-state index in [4.69, 9.17) is 9.47 Å². The highest BCUT2D eigenvalue weighted by atomic mass is 32.2. The molecule has 2 aromatic rings. The van der Waals surface area contributed by atoms with E-state index in [0.717, 1.165) is 30.2 Å². The molecule has 1 aliphatic heterocycles. The summed E-state index contributed by atoms with van der Waals surface area (Å²) in [5.74, 6) is 0.633. The van der Waals surface area contributed by atoms with Crippen molar-refractivity contribution >= 4 is 27.5 Å². The highest BCUT2D eigenvalue weighted by molar-refractivity contribution is 7.92. The topological polar surface area (TPSA) is 105 Å². The number of nitrogens with one attached hydrogen (secondary N) is 1. The molecule has 0 bridgehead atoms. The van der Waals surface area contributed by atoms with Gasteiger partial charge in [0.15, 0.2) is 11.5 Å². The number of carbonyl (C=O) groups excluding carboxylic acids is 2. The molecule has 2 amide bonds. The van der Waals surface area contributed by atoms with Gasteiger partial charge in [0.05, 0.1) is 11.9 Å². The van der Waals surface area contributed by atoms with Gasteiger partial charge in [-0.2, -0.15) is 0 Å². The number of nitrogens with zero attached hydrogens (tertiary/aromatic N) is 2. The van der Waals surface area contributed by atoms with Crippen molar-refractivity contribution in [2.24, 2.45) is 0 Å². The third-order valence-electron chi connectivity index (χ3n) is 6.40. The summed E-state index contributed by atoms with van der Waals surface area (Å²) in [6, 6.07) is 12.0. The molecule has 1 aliphatic rings. The van der Waals surface area contributed by atoms with E-state index < -0.39 is 16.1 Å². The first kappa shape index (κ1) is 28.3. The fraction of sp³-hybridized carbons (Fsp3) is 0.481. The molecule has 0 fully saturated rings. The Morgan fingerprint density at radius 1 is 1.08 bits per heavy atom. The van der Waals surface area contributed by atoms with Gasteiger partial charge in [0, 0.05) is 32.1 Å². The standard InChI is InChI=1S/C27H37N3O6S/c1-5-6-15-28-27(32)21(3)29(18-22-11-8-7-10-20(22)2)26(31)12-9-16-30(37(4,33)34)23-13-14-24-25(17-23)36-19-35-24/h7-8,10-11,13-14,17,21H,5-6,9,12,15-16,18-19H2,1-4H3,(H,28,32)/t21-/m0/s1. The van der Waals surface area contributed by atoms with Gasteiger partial charge in [-0.1, -0.05) is 37.6 Å².